The Balaban J connectivity index is 2.35. The van der Waals surface area contributed by atoms with Gasteiger partial charge in [-0.25, -0.2) is 5.84 Å². The van der Waals surface area contributed by atoms with E-state index in [1.165, 1.54) is 0 Å². The molecular weight excluding hydrogens is 194 g/mol. The Morgan fingerprint density at radius 1 is 1.73 bits per heavy atom. The van der Waals surface area contributed by atoms with Gasteiger partial charge in [0.2, 0.25) is 11.9 Å². The van der Waals surface area contributed by atoms with Gasteiger partial charge in [0.15, 0.2) is 0 Å². The molecule has 0 spiro atoms. The van der Waals surface area contributed by atoms with E-state index >= 15 is 0 Å². The van der Waals surface area contributed by atoms with Crippen molar-refractivity contribution in [3.63, 3.8) is 0 Å². The van der Waals surface area contributed by atoms with E-state index < -0.39 is 0 Å². The number of hydrogen-bond acceptors (Lipinski definition) is 3. The molecule has 1 unspecified atom stereocenters. The Morgan fingerprint density at radius 2 is 2.53 bits per heavy atom. The van der Waals surface area contributed by atoms with Gasteiger partial charge in [-0.05, 0) is 12.8 Å². The number of hydrazine groups is 1. The van der Waals surface area contributed by atoms with Gasteiger partial charge in [0.1, 0.15) is 0 Å². The first-order valence-corrected chi connectivity index (χ1v) is 5.30. The zero-order valence-electron chi connectivity index (χ0n) is 9.05. The van der Waals surface area contributed by atoms with Gasteiger partial charge < -0.3 is 10.6 Å². The van der Waals surface area contributed by atoms with Crippen LogP contribution in [-0.4, -0.2) is 31.0 Å². The molecule has 5 N–H and O–H groups in total. The third kappa shape index (κ3) is 4.16. The molecule has 1 aliphatic rings. The molecule has 0 aromatic rings. The van der Waals surface area contributed by atoms with Crippen molar-refractivity contribution < 1.29 is 4.79 Å². The molecule has 0 aromatic carbocycles. The molecule has 86 valence electrons. The highest BCUT2D eigenvalue weighted by atomic mass is 16.1. The second-order valence-corrected chi connectivity index (χ2v) is 3.56. The third-order valence-electron chi connectivity index (χ3n) is 2.24. The Bertz CT molecular complexity index is 231. The van der Waals surface area contributed by atoms with Crippen LogP contribution < -0.4 is 21.9 Å². The zero-order chi connectivity index (χ0) is 11.1. The molecule has 1 amide bonds. The predicted molar refractivity (Wildman–Crippen MR) is 59.1 cm³/mol. The van der Waals surface area contributed by atoms with Gasteiger partial charge in [0.05, 0.1) is 0 Å². The molecular formula is C9H19N5O. The molecule has 1 aliphatic heterocycles. The van der Waals surface area contributed by atoms with Crippen LogP contribution in [0.2, 0.25) is 0 Å². The SMILES string of the molecule is CCCN=C(NN)NC1CCC(=O)NC1. The number of nitrogens with one attached hydrogen (secondary N) is 3. The lowest BCUT2D eigenvalue weighted by Gasteiger charge is -2.24. The summed E-state index contributed by atoms with van der Waals surface area (Å²) < 4.78 is 0. The van der Waals surface area contributed by atoms with Crippen molar-refractivity contribution in [2.24, 2.45) is 10.8 Å². The largest absolute Gasteiger partial charge is 0.354 e. The number of nitrogens with two attached hydrogens (primary N) is 1. The van der Waals surface area contributed by atoms with Gasteiger partial charge in [-0.2, -0.15) is 0 Å². The van der Waals surface area contributed by atoms with E-state index in [1.54, 1.807) is 0 Å². The highest BCUT2D eigenvalue weighted by molar-refractivity contribution is 5.80. The van der Waals surface area contributed by atoms with Crippen LogP contribution in [0.4, 0.5) is 0 Å². The smallest absolute Gasteiger partial charge is 0.220 e. The molecule has 1 heterocycles. The Labute approximate surface area is 89.7 Å². The van der Waals surface area contributed by atoms with Crippen LogP contribution in [0.25, 0.3) is 0 Å². The van der Waals surface area contributed by atoms with E-state index in [9.17, 15) is 4.79 Å². The Hall–Kier alpha value is -1.30. The minimum absolute atomic E-state index is 0.112. The normalized spacial score (nSPS) is 22.1. The van der Waals surface area contributed by atoms with E-state index in [0.717, 1.165) is 19.4 Å². The van der Waals surface area contributed by atoms with E-state index in [4.69, 9.17) is 5.84 Å². The molecule has 1 atom stereocenters. The zero-order valence-corrected chi connectivity index (χ0v) is 9.05. The molecule has 6 nitrogen and oxygen atoms in total. The minimum Gasteiger partial charge on any atom is -0.354 e. The standard InChI is InChI=1S/C9H19N5O/c1-2-5-11-9(14-10)13-7-3-4-8(15)12-6-7/h7H,2-6,10H2,1H3,(H,12,15)(H2,11,13,14). The summed E-state index contributed by atoms with van der Waals surface area (Å²) in [5, 5.41) is 5.95. The van der Waals surface area contributed by atoms with E-state index in [1.807, 2.05) is 0 Å². The first-order valence-electron chi connectivity index (χ1n) is 5.30. The summed E-state index contributed by atoms with van der Waals surface area (Å²) in [6, 6.07) is 0.217. The van der Waals surface area contributed by atoms with E-state index in [2.05, 4.69) is 28.0 Å². The highest BCUT2D eigenvalue weighted by Crippen LogP contribution is 2.01. The van der Waals surface area contributed by atoms with Crippen molar-refractivity contribution in [1.29, 1.82) is 0 Å². The van der Waals surface area contributed by atoms with Gasteiger partial charge in [0, 0.05) is 25.6 Å². The number of hydrogen-bond donors (Lipinski definition) is 4. The summed E-state index contributed by atoms with van der Waals surface area (Å²) in [7, 11) is 0. The summed E-state index contributed by atoms with van der Waals surface area (Å²) in [5.41, 5.74) is 2.52. The van der Waals surface area contributed by atoms with Gasteiger partial charge in [-0.3, -0.25) is 15.2 Å². The predicted octanol–water partition coefficient (Wildman–Crippen LogP) is -0.916. The second kappa shape index (κ2) is 6.23. The minimum atomic E-state index is 0.112. The number of guanidine groups is 1. The van der Waals surface area contributed by atoms with Crippen LogP contribution in [-0.2, 0) is 4.79 Å². The molecule has 1 saturated heterocycles. The van der Waals surface area contributed by atoms with Crippen molar-refractivity contribution in [3.05, 3.63) is 0 Å². The van der Waals surface area contributed by atoms with Crippen LogP contribution in [0.3, 0.4) is 0 Å². The molecule has 0 bridgehead atoms. The second-order valence-electron chi connectivity index (χ2n) is 3.56. The maximum Gasteiger partial charge on any atom is 0.220 e. The number of amides is 1. The lowest BCUT2D eigenvalue weighted by Crippen LogP contribution is -2.52. The van der Waals surface area contributed by atoms with Crippen LogP contribution >= 0.6 is 0 Å². The maximum atomic E-state index is 10.9. The molecule has 1 fully saturated rings. The number of nitrogens with zero attached hydrogens (tertiary/aromatic N) is 1. The molecule has 0 radical (unpaired) electrons. The number of rotatable bonds is 3. The summed E-state index contributed by atoms with van der Waals surface area (Å²) >= 11 is 0. The van der Waals surface area contributed by atoms with E-state index in [0.29, 0.717) is 18.9 Å². The fraction of sp³-hybridized carbons (Fsp3) is 0.778. The quantitative estimate of drug-likeness (QED) is 0.211. The van der Waals surface area contributed by atoms with Crippen molar-refractivity contribution in [2.75, 3.05) is 13.1 Å². The molecule has 1 rings (SSSR count). The summed E-state index contributed by atoms with van der Waals surface area (Å²) in [6.07, 6.45) is 2.36. The third-order valence-corrected chi connectivity index (χ3v) is 2.24. The number of aliphatic imine (C=N–C) groups is 1. The average Bonchev–Trinajstić information content (AvgIpc) is 2.27. The molecule has 15 heavy (non-hydrogen) atoms. The molecule has 0 saturated carbocycles. The van der Waals surface area contributed by atoms with Crippen LogP contribution in [0.5, 0.6) is 0 Å². The van der Waals surface area contributed by atoms with Gasteiger partial charge in [-0.1, -0.05) is 6.92 Å². The van der Waals surface area contributed by atoms with Gasteiger partial charge >= 0.3 is 0 Å². The highest BCUT2D eigenvalue weighted by Gasteiger charge is 2.18. The van der Waals surface area contributed by atoms with Crippen LogP contribution in [0.15, 0.2) is 4.99 Å². The molecule has 6 heteroatoms. The van der Waals surface area contributed by atoms with Crippen LogP contribution in [0.1, 0.15) is 26.2 Å². The topological polar surface area (TPSA) is 91.5 Å². The lowest BCUT2D eigenvalue weighted by atomic mass is 10.1. The summed E-state index contributed by atoms with van der Waals surface area (Å²) in [6.45, 7) is 3.43. The Morgan fingerprint density at radius 3 is 3.07 bits per heavy atom. The van der Waals surface area contributed by atoms with E-state index in [-0.39, 0.29) is 11.9 Å². The van der Waals surface area contributed by atoms with Crippen molar-refractivity contribution in [1.82, 2.24) is 16.1 Å². The Kier molecular flexibility index (Phi) is 4.89. The fourth-order valence-electron chi connectivity index (χ4n) is 1.41. The van der Waals surface area contributed by atoms with Crippen molar-refractivity contribution in [3.8, 4) is 0 Å². The number of piperidine rings is 1. The lowest BCUT2D eigenvalue weighted by molar-refractivity contribution is -0.122. The number of carbonyl (C=O) groups excluding carboxylic acids is 1. The summed E-state index contributed by atoms with van der Waals surface area (Å²) in [4.78, 5) is 15.2. The van der Waals surface area contributed by atoms with Crippen molar-refractivity contribution in [2.45, 2.75) is 32.2 Å². The molecule has 0 aliphatic carbocycles. The van der Waals surface area contributed by atoms with Crippen molar-refractivity contribution >= 4 is 11.9 Å². The van der Waals surface area contributed by atoms with Crippen LogP contribution in [0, 0.1) is 0 Å². The van der Waals surface area contributed by atoms with Gasteiger partial charge in [-0.15, -0.1) is 0 Å². The monoisotopic (exact) mass is 213 g/mol. The maximum absolute atomic E-state index is 10.9. The summed E-state index contributed by atoms with van der Waals surface area (Å²) in [5.74, 6) is 6.03. The molecule has 0 aromatic heterocycles. The fourth-order valence-corrected chi connectivity index (χ4v) is 1.41. The number of carbonyl (C=O) groups is 1. The first kappa shape index (κ1) is 11.8. The average molecular weight is 213 g/mol. The van der Waals surface area contributed by atoms with Gasteiger partial charge in [0.25, 0.3) is 0 Å². The first-order chi connectivity index (χ1) is 7.26.